The fourth-order valence-corrected chi connectivity index (χ4v) is 0.799. The van der Waals surface area contributed by atoms with E-state index in [9.17, 15) is 0 Å². The molecule has 0 saturated heterocycles. The van der Waals surface area contributed by atoms with Crippen molar-refractivity contribution >= 4 is 17.3 Å². The van der Waals surface area contributed by atoms with E-state index in [1.807, 2.05) is 13.1 Å². The molecule has 1 aromatic rings. The molecular formula is C7H10N2OS. The predicted molar refractivity (Wildman–Crippen MR) is 47.0 cm³/mol. The first kappa shape index (κ1) is 8.07. The van der Waals surface area contributed by atoms with Crippen LogP contribution < -0.4 is 5.73 Å². The van der Waals surface area contributed by atoms with Gasteiger partial charge in [0.1, 0.15) is 0 Å². The zero-order valence-corrected chi connectivity index (χ0v) is 7.10. The maximum atomic E-state index is 5.38. The topological polar surface area (TPSA) is 42.4 Å². The number of thiocarbonyl (C=S) groups is 1. The normalized spacial score (nSPS) is 9.55. The quantitative estimate of drug-likeness (QED) is 0.671. The standard InChI is InChI=1S/C7H10N2OS/c1-9(7(8)11)4-6-2-3-10-5-6/h2-3,5H,4H2,1H3,(H2,8,11). The van der Waals surface area contributed by atoms with E-state index >= 15 is 0 Å². The van der Waals surface area contributed by atoms with Gasteiger partial charge in [-0.25, -0.2) is 0 Å². The van der Waals surface area contributed by atoms with Crippen molar-refractivity contribution < 1.29 is 4.42 Å². The molecule has 0 amide bonds. The highest BCUT2D eigenvalue weighted by molar-refractivity contribution is 7.80. The Morgan fingerprint density at radius 2 is 2.55 bits per heavy atom. The second-order valence-corrected chi connectivity index (χ2v) is 2.74. The number of nitrogens with two attached hydrogens (primary N) is 1. The summed E-state index contributed by atoms with van der Waals surface area (Å²) in [6, 6.07) is 1.88. The smallest absolute Gasteiger partial charge is 0.166 e. The molecule has 0 aliphatic heterocycles. The van der Waals surface area contributed by atoms with Crippen molar-refractivity contribution in [2.75, 3.05) is 7.05 Å². The summed E-state index contributed by atoms with van der Waals surface area (Å²) < 4.78 is 4.88. The van der Waals surface area contributed by atoms with Gasteiger partial charge in [0.2, 0.25) is 0 Å². The molecule has 0 aliphatic rings. The van der Waals surface area contributed by atoms with Crippen molar-refractivity contribution in [1.82, 2.24) is 4.90 Å². The Balaban J connectivity index is 2.50. The molecule has 0 spiro atoms. The van der Waals surface area contributed by atoms with Crippen LogP contribution in [-0.4, -0.2) is 17.1 Å². The van der Waals surface area contributed by atoms with Crippen LogP contribution in [0.2, 0.25) is 0 Å². The number of rotatable bonds is 2. The second kappa shape index (κ2) is 3.39. The Morgan fingerprint density at radius 3 is 3.00 bits per heavy atom. The Labute approximate surface area is 70.8 Å². The molecule has 0 bridgehead atoms. The van der Waals surface area contributed by atoms with Crippen LogP contribution in [0.4, 0.5) is 0 Å². The zero-order chi connectivity index (χ0) is 8.27. The lowest BCUT2D eigenvalue weighted by Crippen LogP contribution is -2.30. The fraction of sp³-hybridized carbons (Fsp3) is 0.286. The van der Waals surface area contributed by atoms with Gasteiger partial charge >= 0.3 is 0 Å². The van der Waals surface area contributed by atoms with Gasteiger partial charge in [-0.3, -0.25) is 0 Å². The van der Waals surface area contributed by atoms with Crippen molar-refractivity contribution in [2.24, 2.45) is 5.73 Å². The van der Waals surface area contributed by atoms with Crippen LogP contribution in [0.3, 0.4) is 0 Å². The summed E-state index contributed by atoms with van der Waals surface area (Å²) in [7, 11) is 1.84. The van der Waals surface area contributed by atoms with Gasteiger partial charge in [0, 0.05) is 19.2 Å². The molecule has 0 fully saturated rings. The summed E-state index contributed by atoms with van der Waals surface area (Å²) in [4.78, 5) is 1.78. The molecule has 1 heterocycles. The van der Waals surface area contributed by atoms with Gasteiger partial charge in [-0.2, -0.15) is 0 Å². The SMILES string of the molecule is CN(Cc1ccoc1)C(N)=S. The van der Waals surface area contributed by atoms with Crippen LogP contribution in [0.1, 0.15) is 5.56 Å². The van der Waals surface area contributed by atoms with E-state index in [1.165, 1.54) is 0 Å². The van der Waals surface area contributed by atoms with E-state index < -0.39 is 0 Å². The first-order valence-electron chi connectivity index (χ1n) is 3.22. The molecule has 0 radical (unpaired) electrons. The number of nitrogens with zero attached hydrogens (tertiary/aromatic N) is 1. The lowest BCUT2D eigenvalue weighted by atomic mass is 10.3. The molecule has 3 nitrogen and oxygen atoms in total. The molecule has 11 heavy (non-hydrogen) atoms. The predicted octanol–water partition coefficient (Wildman–Crippen LogP) is 0.955. The van der Waals surface area contributed by atoms with Crippen LogP contribution in [0.25, 0.3) is 0 Å². The van der Waals surface area contributed by atoms with Gasteiger partial charge in [0.25, 0.3) is 0 Å². The van der Waals surface area contributed by atoms with Crippen LogP contribution in [0.5, 0.6) is 0 Å². The van der Waals surface area contributed by atoms with Crippen molar-refractivity contribution in [3.8, 4) is 0 Å². The molecule has 2 N–H and O–H groups in total. The minimum Gasteiger partial charge on any atom is -0.472 e. The molecule has 4 heteroatoms. The third-order valence-corrected chi connectivity index (χ3v) is 1.69. The van der Waals surface area contributed by atoms with Crippen molar-refractivity contribution in [3.63, 3.8) is 0 Å². The van der Waals surface area contributed by atoms with E-state index in [-0.39, 0.29) is 0 Å². The summed E-state index contributed by atoms with van der Waals surface area (Å²) in [5.74, 6) is 0. The molecule has 60 valence electrons. The van der Waals surface area contributed by atoms with Crippen LogP contribution in [0.15, 0.2) is 23.0 Å². The molecular weight excluding hydrogens is 160 g/mol. The van der Waals surface area contributed by atoms with Crippen LogP contribution >= 0.6 is 12.2 Å². The van der Waals surface area contributed by atoms with Crippen molar-refractivity contribution in [3.05, 3.63) is 24.2 Å². The second-order valence-electron chi connectivity index (χ2n) is 2.33. The third-order valence-electron chi connectivity index (χ3n) is 1.38. The molecule has 0 atom stereocenters. The van der Waals surface area contributed by atoms with Crippen LogP contribution in [0, 0.1) is 0 Å². The highest BCUT2D eigenvalue weighted by Gasteiger charge is 2.00. The van der Waals surface area contributed by atoms with Crippen LogP contribution in [-0.2, 0) is 6.54 Å². The molecule has 0 saturated carbocycles. The first-order chi connectivity index (χ1) is 5.20. The lowest BCUT2D eigenvalue weighted by molar-refractivity contribution is 0.495. The van der Waals surface area contributed by atoms with Gasteiger partial charge in [-0.05, 0) is 18.3 Å². The average molecular weight is 170 g/mol. The van der Waals surface area contributed by atoms with E-state index in [1.54, 1.807) is 17.4 Å². The average Bonchev–Trinajstić information content (AvgIpc) is 2.39. The summed E-state index contributed by atoms with van der Waals surface area (Å²) >= 11 is 4.76. The van der Waals surface area contributed by atoms with Gasteiger partial charge in [0.05, 0.1) is 12.5 Å². The van der Waals surface area contributed by atoms with Crippen molar-refractivity contribution in [1.29, 1.82) is 0 Å². The van der Waals surface area contributed by atoms with Gasteiger partial charge < -0.3 is 15.1 Å². The van der Waals surface area contributed by atoms with Crippen molar-refractivity contribution in [2.45, 2.75) is 6.54 Å². The van der Waals surface area contributed by atoms with E-state index in [0.29, 0.717) is 11.7 Å². The maximum absolute atomic E-state index is 5.38. The Hall–Kier alpha value is -1.03. The summed E-state index contributed by atoms with van der Waals surface area (Å²) in [5.41, 5.74) is 6.45. The molecule has 0 unspecified atom stereocenters. The largest absolute Gasteiger partial charge is 0.472 e. The van der Waals surface area contributed by atoms with Gasteiger partial charge in [-0.1, -0.05) is 0 Å². The highest BCUT2D eigenvalue weighted by Crippen LogP contribution is 2.02. The lowest BCUT2D eigenvalue weighted by Gasteiger charge is -2.14. The monoisotopic (exact) mass is 170 g/mol. The minimum absolute atomic E-state index is 0.395. The molecule has 0 aliphatic carbocycles. The van der Waals surface area contributed by atoms with E-state index in [0.717, 1.165) is 5.56 Å². The first-order valence-corrected chi connectivity index (χ1v) is 3.62. The maximum Gasteiger partial charge on any atom is 0.166 e. The Morgan fingerprint density at radius 1 is 1.82 bits per heavy atom. The molecule has 1 aromatic heterocycles. The fourth-order valence-electron chi connectivity index (χ4n) is 0.734. The zero-order valence-electron chi connectivity index (χ0n) is 6.28. The molecule has 0 aromatic carbocycles. The Kier molecular flexibility index (Phi) is 2.48. The number of furan rings is 1. The number of hydrogen-bond acceptors (Lipinski definition) is 2. The summed E-state index contributed by atoms with van der Waals surface area (Å²) in [6.07, 6.45) is 3.30. The van der Waals surface area contributed by atoms with E-state index in [2.05, 4.69) is 0 Å². The summed E-state index contributed by atoms with van der Waals surface area (Å²) in [5, 5.41) is 0.395. The summed E-state index contributed by atoms with van der Waals surface area (Å²) in [6.45, 7) is 0.700. The van der Waals surface area contributed by atoms with Gasteiger partial charge in [-0.15, -0.1) is 0 Å². The van der Waals surface area contributed by atoms with Gasteiger partial charge in [0.15, 0.2) is 5.11 Å². The Bertz CT molecular complexity index is 233. The molecule has 1 rings (SSSR count). The third kappa shape index (κ3) is 2.23. The van der Waals surface area contributed by atoms with E-state index in [4.69, 9.17) is 22.4 Å². The minimum atomic E-state index is 0.395. The number of hydrogen-bond donors (Lipinski definition) is 1. The highest BCUT2D eigenvalue weighted by atomic mass is 32.1.